The van der Waals surface area contributed by atoms with Crippen molar-refractivity contribution < 1.29 is 18.0 Å². The summed E-state index contributed by atoms with van der Waals surface area (Å²) in [5.74, 6) is 0. The summed E-state index contributed by atoms with van der Waals surface area (Å²) in [6.07, 6.45) is -2.76. The number of urea groups is 1. The fraction of sp³-hybridized carbons (Fsp3) is 0.167. The van der Waals surface area contributed by atoms with Crippen LogP contribution in [0.4, 0.5) is 29.3 Å². The molecule has 2 amide bonds. The van der Waals surface area contributed by atoms with Crippen LogP contribution in [0.25, 0.3) is 10.9 Å². The molecule has 0 unspecified atom stereocenters. The number of H-pyrrole nitrogens is 1. The lowest BCUT2D eigenvalue weighted by Gasteiger charge is -2.09. The SMILES string of the molecule is CC.O=C(Nc1ccc(C(F)(F)F)cc1)Nc1c[nH]c2ccc(Br)cc12. The molecular formula is C18H17BrF3N3O. The number of halogens is 4. The van der Waals surface area contributed by atoms with Crippen LogP contribution in [0.5, 0.6) is 0 Å². The molecule has 2 aromatic carbocycles. The number of carbonyl (C=O) groups excluding carboxylic acids is 1. The van der Waals surface area contributed by atoms with Gasteiger partial charge in [-0.15, -0.1) is 0 Å². The number of hydrogen-bond acceptors (Lipinski definition) is 1. The predicted octanol–water partition coefficient (Wildman–Crippen LogP) is 6.62. The zero-order valence-corrected chi connectivity index (χ0v) is 15.6. The van der Waals surface area contributed by atoms with Crippen LogP contribution < -0.4 is 10.6 Å². The van der Waals surface area contributed by atoms with Crippen LogP contribution >= 0.6 is 15.9 Å². The zero-order valence-electron chi connectivity index (χ0n) is 14.0. The van der Waals surface area contributed by atoms with E-state index >= 15 is 0 Å². The average molecular weight is 428 g/mol. The summed E-state index contributed by atoms with van der Waals surface area (Å²) >= 11 is 3.36. The third-order valence-electron chi connectivity index (χ3n) is 3.36. The van der Waals surface area contributed by atoms with Gasteiger partial charge in [0.05, 0.1) is 11.3 Å². The van der Waals surface area contributed by atoms with Gasteiger partial charge in [-0.05, 0) is 42.5 Å². The maximum atomic E-state index is 12.5. The first-order chi connectivity index (χ1) is 12.3. The molecular weight excluding hydrogens is 411 g/mol. The number of fused-ring (bicyclic) bond motifs is 1. The van der Waals surface area contributed by atoms with Crippen LogP contribution in [-0.4, -0.2) is 11.0 Å². The summed E-state index contributed by atoms with van der Waals surface area (Å²) in [4.78, 5) is 15.0. The molecule has 3 rings (SSSR count). The molecule has 0 fully saturated rings. The van der Waals surface area contributed by atoms with Crippen molar-refractivity contribution >= 4 is 44.2 Å². The third-order valence-corrected chi connectivity index (χ3v) is 3.86. The van der Waals surface area contributed by atoms with Gasteiger partial charge in [-0.3, -0.25) is 0 Å². The summed E-state index contributed by atoms with van der Waals surface area (Å²) < 4.78 is 38.4. The monoisotopic (exact) mass is 427 g/mol. The lowest BCUT2D eigenvalue weighted by atomic mass is 10.2. The molecule has 3 aromatic rings. The zero-order chi connectivity index (χ0) is 19.3. The van der Waals surface area contributed by atoms with Crippen LogP contribution in [0.15, 0.2) is 53.1 Å². The molecule has 0 radical (unpaired) electrons. The second-order valence-electron chi connectivity index (χ2n) is 5.05. The Bertz CT molecular complexity index is 889. The van der Waals surface area contributed by atoms with E-state index in [0.717, 1.165) is 27.5 Å². The fourth-order valence-electron chi connectivity index (χ4n) is 2.22. The molecule has 1 aromatic heterocycles. The van der Waals surface area contributed by atoms with Crippen LogP contribution in [-0.2, 0) is 6.18 Å². The Hall–Kier alpha value is -2.48. The molecule has 1 heterocycles. The summed E-state index contributed by atoms with van der Waals surface area (Å²) in [6, 6.07) is 9.26. The lowest BCUT2D eigenvalue weighted by molar-refractivity contribution is -0.137. The minimum Gasteiger partial charge on any atom is -0.359 e. The highest BCUT2D eigenvalue weighted by molar-refractivity contribution is 9.10. The molecule has 26 heavy (non-hydrogen) atoms. The molecule has 0 aliphatic heterocycles. The maximum absolute atomic E-state index is 12.5. The highest BCUT2D eigenvalue weighted by Crippen LogP contribution is 2.30. The van der Waals surface area contributed by atoms with Gasteiger partial charge in [0.2, 0.25) is 0 Å². The van der Waals surface area contributed by atoms with E-state index in [4.69, 9.17) is 0 Å². The van der Waals surface area contributed by atoms with Crippen LogP contribution in [0.3, 0.4) is 0 Å². The van der Waals surface area contributed by atoms with E-state index < -0.39 is 17.8 Å². The first-order valence-electron chi connectivity index (χ1n) is 7.85. The van der Waals surface area contributed by atoms with E-state index in [1.165, 1.54) is 12.1 Å². The van der Waals surface area contributed by atoms with E-state index in [1.54, 1.807) is 6.20 Å². The number of benzene rings is 2. The minimum absolute atomic E-state index is 0.265. The predicted molar refractivity (Wildman–Crippen MR) is 101 cm³/mol. The van der Waals surface area contributed by atoms with Gasteiger partial charge < -0.3 is 15.6 Å². The fourth-order valence-corrected chi connectivity index (χ4v) is 2.58. The Balaban J connectivity index is 0.00000117. The summed E-state index contributed by atoms with van der Waals surface area (Å²) in [5, 5.41) is 5.97. The summed E-state index contributed by atoms with van der Waals surface area (Å²) in [6.45, 7) is 4.00. The molecule has 0 aliphatic rings. The summed E-state index contributed by atoms with van der Waals surface area (Å²) in [7, 11) is 0. The Morgan fingerprint density at radius 3 is 2.31 bits per heavy atom. The van der Waals surface area contributed by atoms with Crippen LogP contribution in [0.1, 0.15) is 19.4 Å². The molecule has 138 valence electrons. The van der Waals surface area contributed by atoms with Crippen LogP contribution in [0.2, 0.25) is 0 Å². The van der Waals surface area contributed by atoms with E-state index in [1.807, 2.05) is 32.0 Å². The molecule has 0 atom stereocenters. The maximum Gasteiger partial charge on any atom is 0.416 e. The van der Waals surface area contributed by atoms with E-state index in [0.29, 0.717) is 5.69 Å². The van der Waals surface area contributed by atoms with Gasteiger partial charge in [0.25, 0.3) is 0 Å². The van der Waals surface area contributed by atoms with Gasteiger partial charge in [0.1, 0.15) is 0 Å². The molecule has 0 saturated carbocycles. The van der Waals surface area contributed by atoms with Crippen molar-refractivity contribution in [3.8, 4) is 0 Å². The number of rotatable bonds is 2. The lowest BCUT2D eigenvalue weighted by Crippen LogP contribution is -2.19. The first kappa shape index (κ1) is 19.8. The second-order valence-corrected chi connectivity index (χ2v) is 5.96. The number of anilines is 2. The first-order valence-corrected chi connectivity index (χ1v) is 8.64. The topological polar surface area (TPSA) is 56.9 Å². The average Bonchev–Trinajstić information content (AvgIpc) is 2.98. The molecule has 0 saturated heterocycles. The van der Waals surface area contributed by atoms with Crippen molar-refractivity contribution in [3.05, 3.63) is 58.7 Å². The van der Waals surface area contributed by atoms with Gasteiger partial charge in [-0.1, -0.05) is 29.8 Å². The molecule has 3 N–H and O–H groups in total. The van der Waals surface area contributed by atoms with Gasteiger partial charge in [-0.25, -0.2) is 4.79 Å². The Kier molecular flexibility index (Phi) is 6.31. The normalized spacial score (nSPS) is 10.8. The molecule has 8 heteroatoms. The van der Waals surface area contributed by atoms with Crippen molar-refractivity contribution in [1.29, 1.82) is 0 Å². The smallest absolute Gasteiger partial charge is 0.359 e. The van der Waals surface area contributed by atoms with E-state index in [9.17, 15) is 18.0 Å². The van der Waals surface area contributed by atoms with Crippen molar-refractivity contribution in [2.24, 2.45) is 0 Å². The van der Waals surface area contributed by atoms with Gasteiger partial charge in [0, 0.05) is 27.3 Å². The minimum atomic E-state index is -4.40. The number of alkyl halides is 3. The van der Waals surface area contributed by atoms with Gasteiger partial charge in [0.15, 0.2) is 0 Å². The van der Waals surface area contributed by atoms with Crippen molar-refractivity contribution in [1.82, 2.24) is 4.98 Å². The van der Waals surface area contributed by atoms with Crippen molar-refractivity contribution in [2.45, 2.75) is 20.0 Å². The number of aromatic nitrogens is 1. The quantitative estimate of drug-likeness (QED) is 0.422. The van der Waals surface area contributed by atoms with Crippen molar-refractivity contribution in [2.75, 3.05) is 10.6 Å². The Morgan fingerprint density at radius 1 is 1.04 bits per heavy atom. The Labute approximate surface area is 156 Å². The number of aromatic amines is 1. The molecule has 0 aliphatic carbocycles. The molecule has 0 bridgehead atoms. The highest BCUT2D eigenvalue weighted by Gasteiger charge is 2.29. The summed E-state index contributed by atoms with van der Waals surface area (Å²) in [5.41, 5.74) is 0.912. The second kappa shape index (κ2) is 8.27. The third kappa shape index (κ3) is 4.78. The number of nitrogens with one attached hydrogen (secondary N) is 3. The van der Waals surface area contributed by atoms with Crippen LogP contribution in [0, 0.1) is 0 Å². The molecule has 4 nitrogen and oxygen atoms in total. The van der Waals surface area contributed by atoms with E-state index in [-0.39, 0.29) is 5.69 Å². The van der Waals surface area contributed by atoms with Crippen molar-refractivity contribution in [3.63, 3.8) is 0 Å². The largest absolute Gasteiger partial charge is 0.416 e. The molecule has 0 spiro atoms. The van der Waals surface area contributed by atoms with Gasteiger partial charge >= 0.3 is 12.2 Å². The Morgan fingerprint density at radius 2 is 1.69 bits per heavy atom. The van der Waals surface area contributed by atoms with Gasteiger partial charge in [-0.2, -0.15) is 13.2 Å². The number of carbonyl (C=O) groups is 1. The number of amides is 2. The highest BCUT2D eigenvalue weighted by atomic mass is 79.9. The standard InChI is InChI=1S/C16H11BrF3N3O.C2H6/c17-10-3-6-13-12(7-10)14(8-21-13)23-15(24)22-11-4-1-9(2-5-11)16(18,19)20;1-2/h1-8,21H,(H2,22,23,24);1-2H3. The van der Waals surface area contributed by atoms with E-state index in [2.05, 4.69) is 31.5 Å². The number of hydrogen-bond donors (Lipinski definition) is 3.